The van der Waals surface area contributed by atoms with Crippen LogP contribution in [-0.4, -0.2) is 47.3 Å². The highest BCUT2D eigenvalue weighted by molar-refractivity contribution is 7.89. The molecule has 0 saturated heterocycles. The summed E-state index contributed by atoms with van der Waals surface area (Å²) < 4.78 is 28.4. The largest absolute Gasteiger partial charge is 0.310 e. The monoisotopic (exact) mass is 428 g/mol. The van der Waals surface area contributed by atoms with Crippen molar-refractivity contribution >= 4 is 21.7 Å². The lowest BCUT2D eigenvalue weighted by atomic mass is 9.92. The molecule has 0 fully saturated rings. The molecule has 0 aliphatic carbocycles. The molecule has 1 aromatic heterocycles. The van der Waals surface area contributed by atoms with Gasteiger partial charge in [0.1, 0.15) is 5.82 Å². The molecule has 0 bridgehead atoms. The number of aryl methyl sites for hydroxylation is 1. The first kappa shape index (κ1) is 25.6. The van der Waals surface area contributed by atoms with Gasteiger partial charge >= 0.3 is 0 Å². The summed E-state index contributed by atoms with van der Waals surface area (Å²) in [5, 5.41) is 7.25. The number of carbonyl (C=O) groups excluding carboxylic acids is 1. The van der Waals surface area contributed by atoms with Gasteiger partial charge in [0.2, 0.25) is 15.9 Å². The van der Waals surface area contributed by atoms with E-state index in [-0.39, 0.29) is 23.6 Å². The zero-order chi connectivity index (χ0) is 22.1. The zero-order valence-corrected chi connectivity index (χ0v) is 19.9. The van der Waals surface area contributed by atoms with Gasteiger partial charge in [-0.3, -0.25) is 9.48 Å². The van der Waals surface area contributed by atoms with Gasteiger partial charge in [-0.05, 0) is 12.8 Å². The zero-order valence-electron chi connectivity index (χ0n) is 19.1. The number of hydrogen-bond acceptors (Lipinski definition) is 4. The van der Waals surface area contributed by atoms with Crippen LogP contribution in [0.2, 0.25) is 0 Å². The summed E-state index contributed by atoms with van der Waals surface area (Å²) in [5.41, 5.74) is 0.742. The number of aromatic nitrogens is 2. The van der Waals surface area contributed by atoms with Gasteiger partial charge in [-0.15, -0.1) is 0 Å². The Labute approximate surface area is 177 Å². The molecule has 0 atom stereocenters. The average Bonchev–Trinajstić information content (AvgIpc) is 2.98. The third-order valence-corrected chi connectivity index (χ3v) is 6.76. The van der Waals surface area contributed by atoms with E-state index in [2.05, 4.69) is 38.1 Å². The van der Waals surface area contributed by atoms with E-state index >= 15 is 0 Å². The van der Waals surface area contributed by atoms with Crippen molar-refractivity contribution in [2.24, 2.45) is 7.05 Å². The molecule has 1 rings (SSSR count). The van der Waals surface area contributed by atoms with Crippen molar-refractivity contribution in [3.05, 3.63) is 11.8 Å². The van der Waals surface area contributed by atoms with Crippen LogP contribution in [0.25, 0.3) is 0 Å². The van der Waals surface area contributed by atoms with E-state index in [9.17, 15) is 13.2 Å². The third kappa shape index (κ3) is 8.86. The number of nitrogens with zero attached hydrogens (tertiary/aromatic N) is 3. The second kappa shape index (κ2) is 11.7. The highest BCUT2D eigenvalue weighted by Crippen LogP contribution is 2.23. The predicted molar refractivity (Wildman–Crippen MR) is 120 cm³/mol. The van der Waals surface area contributed by atoms with Crippen LogP contribution in [0.1, 0.15) is 85.3 Å². The Bertz CT molecular complexity index is 736. The first-order valence-electron chi connectivity index (χ1n) is 10.8. The van der Waals surface area contributed by atoms with Crippen molar-refractivity contribution in [3.8, 4) is 0 Å². The second-order valence-electron chi connectivity index (χ2n) is 8.75. The van der Waals surface area contributed by atoms with Crippen LogP contribution >= 0.6 is 0 Å². The van der Waals surface area contributed by atoms with Gasteiger partial charge in [-0.1, -0.05) is 66.7 Å². The first-order chi connectivity index (χ1) is 13.5. The fraction of sp³-hybridized carbons (Fsp3) is 0.810. The summed E-state index contributed by atoms with van der Waals surface area (Å²) >= 11 is 0. The molecule has 7 nitrogen and oxygen atoms in total. The molecule has 0 aliphatic heterocycles. The van der Waals surface area contributed by atoms with Crippen molar-refractivity contribution in [2.45, 2.75) is 85.0 Å². The topological polar surface area (TPSA) is 84.3 Å². The Morgan fingerprint density at radius 1 is 1.10 bits per heavy atom. The van der Waals surface area contributed by atoms with Crippen molar-refractivity contribution in [3.63, 3.8) is 0 Å². The summed E-state index contributed by atoms with van der Waals surface area (Å²) in [4.78, 5) is 12.5. The number of amides is 1. The Morgan fingerprint density at radius 2 is 1.72 bits per heavy atom. The SMILES string of the molecule is CCCCCCCCS(=O)(=O)N(CCC)CC(=O)Nc1cc(C(C)(C)C)nn1C. The summed E-state index contributed by atoms with van der Waals surface area (Å²) in [6, 6.07) is 1.84. The lowest BCUT2D eigenvalue weighted by Crippen LogP contribution is -2.40. The van der Waals surface area contributed by atoms with Crippen LogP contribution < -0.4 is 5.32 Å². The average molecular weight is 429 g/mol. The lowest BCUT2D eigenvalue weighted by Gasteiger charge is -2.21. The minimum atomic E-state index is -3.44. The molecular formula is C21H40N4O3S. The normalized spacial score (nSPS) is 12.5. The smallest absolute Gasteiger partial charge is 0.240 e. The summed E-state index contributed by atoms with van der Waals surface area (Å²) in [6.45, 7) is 10.4. The van der Waals surface area contributed by atoms with Crippen LogP contribution in [-0.2, 0) is 27.3 Å². The van der Waals surface area contributed by atoms with Crippen LogP contribution in [0, 0.1) is 0 Å². The third-order valence-electron chi connectivity index (χ3n) is 4.86. The molecule has 1 heterocycles. The van der Waals surface area contributed by atoms with Gasteiger partial charge in [0, 0.05) is 25.1 Å². The number of carbonyl (C=O) groups is 1. The van der Waals surface area contributed by atoms with Crippen molar-refractivity contribution in [1.82, 2.24) is 14.1 Å². The molecule has 0 unspecified atom stereocenters. The van der Waals surface area contributed by atoms with Crippen LogP contribution in [0.4, 0.5) is 5.82 Å². The van der Waals surface area contributed by atoms with Crippen molar-refractivity contribution < 1.29 is 13.2 Å². The number of sulfonamides is 1. The first-order valence-corrected chi connectivity index (χ1v) is 12.4. The van der Waals surface area contributed by atoms with Gasteiger partial charge in [0.15, 0.2) is 0 Å². The van der Waals surface area contributed by atoms with Crippen LogP contribution in [0.15, 0.2) is 6.07 Å². The Kier molecular flexibility index (Phi) is 10.3. The second-order valence-corrected chi connectivity index (χ2v) is 10.8. The maximum Gasteiger partial charge on any atom is 0.240 e. The van der Waals surface area contributed by atoms with Gasteiger partial charge in [-0.25, -0.2) is 8.42 Å². The Hall–Kier alpha value is -1.41. The number of nitrogens with one attached hydrogen (secondary N) is 1. The minimum absolute atomic E-state index is 0.103. The molecule has 168 valence electrons. The standard InChI is InChI=1S/C21H40N4O3S/c1-7-9-10-11-12-13-15-29(27,28)25(14-8-2)17-20(26)22-19-16-18(21(3,4)5)23-24(19)6/h16H,7-15,17H2,1-6H3,(H,22,26). The Balaban J connectivity index is 2.68. The van der Waals surface area contributed by atoms with E-state index in [4.69, 9.17) is 0 Å². The van der Waals surface area contributed by atoms with E-state index in [1.807, 2.05) is 13.0 Å². The maximum absolute atomic E-state index is 12.7. The molecule has 1 aromatic rings. The minimum Gasteiger partial charge on any atom is -0.310 e. The molecule has 0 radical (unpaired) electrons. The van der Waals surface area contributed by atoms with Crippen molar-refractivity contribution in [2.75, 3.05) is 24.2 Å². The van der Waals surface area contributed by atoms with E-state index < -0.39 is 10.0 Å². The highest BCUT2D eigenvalue weighted by Gasteiger charge is 2.25. The Morgan fingerprint density at radius 3 is 2.28 bits per heavy atom. The fourth-order valence-corrected chi connectivity index (χ4v) is 4.65. The predicted octanol–water partition coefficient (Wildman–Crippen LogP) is 4.06. The number of unbranched alkanes of at least 4 members (excludes halogenated alkanes) is 5. The molecular weight excluding hydrogens is 388 g/mol. The number of hydrogen-bond donors (Lipinski definition) is 1. The lowest BCUT2D eigenvalue weighted by molar-refractivity contribution is -0.116. The quantitative estimate of drug-likeness (QED) is 0.480. The number of rotatable bonds is 13. The summed E-state index contributed by atoms with van der Waals surface area (Å²) in [6.07, 6.45) is 6.81. The maximum atomic E-state index is 12.7. The van der Waals surface area contributed by atoms with E-state index in [0.717, 1.165) is 25.0 Å². The van der Waals surface area contributed by atoms with Gasteiger partial charge in [0.05, 0.1) is 18.0 Å². The molecule has 0 aliphatic rings. The molecule has 0 spiro atoms. The van der Waals surface area contributed by atoms with E-state index in [0.29, 0.717) is 25.2 Å². The molecule has 1 N–H and O–H groups in total. The summed E-state index contributed by atoms with van der Waals surface area (Å²) in [5.74, 6) is 0.338. The molecule has 0 saturated carbocycles. The van der Waals surface area contributed by atoms with Crippen LogP contribution in [0.3, 0.4) is 0 Å². The van der Waals surface area contributed by atoms with Crippen molar-refractivity contribution in [1.29, 1.82) is 0 Å². The van der Waals surface area contributed by atoms with Gasteiger partial charge in [0.25, 0.3) is 0 Å². The number of anilines is 1. The molecule has 1 amide bonds. The van der Waals surface area contributed by atoms with Crippen LogP contribution in [0.5, 0.6) is 0 Å². The molecule has 8 heteroatoms. The molecule has 29 heavy (non-hydrogen) atoms. The molecule has 0 aromatic carbocycles. The van der Waals surface area contributed by atoms with E-state index in [1.165, 1.54) is 17.1 Å². The van der Waals surface area contributed by atoms with Gasteiger partial charge in [-0.2, -0.15) is 9.40 Å². The fourth-order valence-electron chi connectivity index (χ4n) is 3.05. The summed E-state index contributed by atoms with van der Waals surface area (Å²) in [7, 11) is -1.67. The highest BCUT2D eigenvalue weighted by atomic mass is 32.2. The van der Waals surface area contributed by atoms with Gasteiger partial charge < -0.3 is 5.32 Å². The van der Waals surface area contributed by atoms with E-state index in [1.54, 1.807) is 11.7 Å².